The lowest BCUT2D eigenvalue weighted by molar-refractivity contribution is 0.415. The molecule has 8 heteroatoms. The molecule has 0 aliphatic rings. The molecule has 2 aromatic rings. The molecule has 4 N–H and O–H groups in total. The van der Waals surface area contributed by atoms with E-state index in [0.717, 1.165) is 11.4 Å². The number of anilines is 2. The van der Waals surface area contributed by atoms with Gasteiger partial charge in [-0.2, -0.15) is 0 Å². The molecule has 0 aliphatic carbocycles. The van der Waals surface area contributed by atoms with E-state index in [4.69, 9.17) is 33.7 Å². The van der Waals surface area contributed by atoms with Crippen LogP contribution in [0.4, 0.5) is 11.5 Å². The maximum atomic E-state index is 6.01. The Morgan fingerprint density at radius 3 is 2.91 bits per heavy atom. The molecule has 0 radical (unpaired) electrons. The second-order valence-corrected chi connectivity index (χ2v) is 5.38. The summed E-state index contributed by atoms with van der Waals surface area (Å²) >= 11 is 11.8. The Balaban J connectivity index is 1.82. The second-order valence-electron chi connectivity index (χ2n) is 4.53. The quantitative estimate of drug-likeness (QED) is 0.421. The largest absolute Gasteiger partial charge is 0.497 e. The zero-order chi connectivity index (χ0) is 16.7. The average molecular weight is 354 g/mol. The third-order valence-electron chi connectivity index (χ3n) is 2.84. The van der Waals surface area contributed by atoms with Crippen molar-refractivity contribution in [2.24, 2.45) is 10.7 Å². The summed E-state index contributed by atoms with van der Waals surface area (Å²) in [5.41, 5.74) is 6.64. The van der Waals surface area contributed by atoms with E-state index in [-0.39, 0.29) is 0 Å². The zero-order valence-corrected chi connectivity index (χ0v) is 14.0. The van der Waals surface area contributed by atoms with Gasteiger partial charge < -0.3 is 21.1 Å². The number of pyridine rings is 1. The highest BCUT2D eigenvalue weighted by atomic mass is 35.5. The van der Waals surface area contributed by atoms with E-state index in [1.807, 2.05) is 24.3 Å². The summed E-state index contributed by atoms with van der Waals surface area (Å²) in [6.45, 7) is 0.998. The van der Waals surface area contributed by atoms with Crippen molar-refractivity contribution in [3.8, 4) is 5.75 Å². The fourth-order valence-corrected chi connectivity index (χ4v) is 2.23. The van der Waals surface area contributed by atoms with E-state index in [1.54, 1.807) is 13.2 Å². The molecule has 0 bridgehead atoms. The van der Waals surface area contributed by atoms with Gasteiger partial charge in [-0.05, 0) is 18.2 Å². The third-order valence-corrected chi connectivity index (χ3v) is 3.33. The Bertz CT molecular complexity index is 693. The normalized spacial score (nSPS) is 11.2. The van der Waals surface area contributed by atoms with Gasteiger partial charge in [0.1, 0.15) is 11.6 Å². The number of nitrogens with zero attached hydrogens (tertiary/aromatic N) is 2. The molecule has 1 aromatic carbocycles. The summed E-state index contributed by atoms with van der Waals surface area (Å²) in [5.74, 6) is 1.62. The van der Waals surface area contributed by atoms with Crippen molar-refractivity contribution in [3.05, 3.63) is 46.6 Å². The molecular formula is C15H17Cl2N5O. The maximum absolute atomic E-state index is 6.01. The van der Waals surface area contributed by atoms with Crippen molar-refractivity contribution in [3.63, 3.8) is 0 Å². The van der Waals surface area contributed by atoms with Crippen LogP contribution in [-0.4, -0.2) is 31.1 Å². The second kappa shape index (κ2) is 8.45. The molecule has 0 amide bonds. The van der Waals surface area contributed by atoms with E-state index < -0.39 is 0 Å². The van der Waals surface area contributed by atoms with Crippen LogP contribution in [0.15, 0.2) is 41.5 Å². The van der Waals surface area contributed by atoms with Crippen molar-refractivity contribution in [1.82, 2.24) is 4.98 Å². The molecule has 6 nitrogen and oxygen atoms in total. The number of ether oxygens (including phenoxy) is 1. The van der Waals surface area contributed by atoms with Gasteiger partial charge in [-0.15, -0.1) is 0 Å². The predicted molar refractivity (Wildman–Crippen MR) is 95.9 cm³/mol. The van der Waals surface area contributed by atoms with Crippen LogP contribution in [-0.2, 0) is 0 Å². The van der Waals surface area contributed by atoms with Crippen LogP contribution in [0.1, 0.15) is 0 Å². The summed E-state index contributed by atoms with van der Waals surface area (Å²) in [6, 6.07) is 9.05. The molecule has 122 valence electrons. The standard InChI is InChI=1S/C15H17Cl2N5O/c1-23-12-4-2-3-11(8-12)22-15(18)20-6-5-19-14-13(17)7-10(16)9-21-14/h2-4,7-9H,5-6H2,1H3,(H,19,21)(H3,18,20,22). The van der Waals surface area contributed by atoms with Gasteiger partial charge in [0, 0.05) is 24.5 Å². The number of methoxy groups -OCH3 is 1. The van der Waals surface area contributed by atoms with Crippen LogP contribution < -0.4 is 21.1 Å². The summed E-state index contributed by atoms with van der Waals surface area (Å²) in [6.07, 6.45) is 1.53. The van der Waals surface area contributed by atoms with Crippen LogP contribution in [0, 0.1) is 0 Å². The van der Waals surface area contributed by atoms with Crippen LogP contribution in [0.2, 0.25) is 10.0 Å². The smallest absolute Gasteiger partial charge is 0.193 e. The van der Waals surface area contributed by atoms with E-state index in [1.165, 1.54) is 6.20 Å². The van der Waals surface area contributed by atoms with Gasteiger partial charge in [-0.3, -0.25) is 4.99 Å². The lowest BCUT2D eigenvalue weighted by Gasteiger charge is -2.08. The first kappa shape index (κ1) is 17.2. The number of hydrogen-bond acceptors (Lipinski definition) is 4. The van der Waals surface area contributed by atoms with Crippen molar-refractivity contribution < 1.29 is 4.74 Å². The monoisotopic (exact) mass is 353 g/mol. The number of guanidine groups is 1. The topological polar surface area (TPSA) is 84.6 Å². The minimum Gasteiger partial charge on any atom is -0.497 e. The van der Waals surface area contributed by atoms with Gasteiger partial charge in [-0.1, -0.05) is 29.3 Å². The highest BCUT2D eigenvalue weighted by molar-refractivity contribution is 6.35. The zero-order valence-electron chi connectivity index (χ0n) is 12.5. The molecule has 2 rings (SSSR count). The van der Waals surface area contributed by atoms with E-state index >= 15 is 0 Å². The highest BCUT2D eigenvalue weighted by Gasteiger charge is 2.02. The van der Waals surface area contributed by atoms with E-state index in [2.05, 4.69) is 20.6 Å². The number of rotatable bonds is 6. The fourth-order valence-electron chi connectivity index (χ4n) is 1.78. The van der Waals surface area contributed by atoms with Crippen molar-refractivity contribution in [2.45, 2.75) is 0 Å². The van der Waals surface area contributed by atoms with Crippen LogP contribution in [0.3, 0.4) is 0 Å². The van der Waals surface area contributed by atoms with Crippen molar-refractivity contribution >= 4 is 40.7 Å². The summed E-state index contributed by atoms with van der Waals surface area (Å²) < 4.78 is 5.14. The van der Waals surface area contributed by atoms with Crippen molar-refractivity contribution in [1.29, 1.82) is 0 Å². The van der Waals surface area contributed by atoms with Gasteiger partial charge in [-0.25, -0.2) is 4.98 Å². The molecule has 0 saturated carbocycles. The van der Waals surface area contributed by atoms with Crippen molar-refractivity contribution in [2.75, 3.05) is 30.8 Å². The maximum Gasteiger partial charge on any atom is 0.193 e. The summed E-state index contributed by atoms with van der Waals surface area (Å²) in [4.78, 5) is 8.32. The molecule has 23 heavy (non-hydrogen) atoms. The molecule has 0 saturated heterocycles. The molecule has 1 heterocycles. The van der Waals surface area contributed by atoms with Gasteiger partial charge >= 0.3 is 0 Å². The third kappa shape index (κ3) is 5.50. The minimum absolute atomic E-state index is 0.315. The van der Waals surface area contributed by atoms with E-state index in [0.29, 0.717) is 34.9 Å². The van der Waals surface area contributed by atoms with Crippen LogP contribution in [0.25, 0.3) is 0 Å². The first-order valence-corrected chi connectivity index (χ1v) is 7.60. The minimum atomic E-state index is 0.315. The summed E-state index contributed by atoms with van der Waals surface area (Å²) in [7, 11) is 1.61. The van der Waals surface area contributed by atoms with Gasteiger partial charge in [0.2, 0.25) is 0 Å². The number of halogens is 2. The number of nitrogens with one attached hydrogen (secondary N) is 2. The molecular weight excluding hydrogens is 337 g/mol. The highest BCUT2D eigenvalue weighted by Crippen LogP contribution is 2.22. The average Bonchev–Trinajstić information content (AvgIpc) is 2.53. The molecule has 1 aromatic heterocycles. The van der Waals surface area contributed by atoms with E-state index in [9.17, 15) is 0 Å². The van der Waals surface area contributed by atoms with Gasteiger partial charge in [0.15, 0.2) is 5.96 Å². The number of aliphatic imine (C=N–C) groups is 1. The molecule has 0 atom stereocenters. The SMILES string of the molecule is COc1cccc(NC(N)=NCCNc2ncc(Cl)cc2Cl)c1. The summed E-state index contributed by atoms with van der Waals surface area (Å²) in [5, 5.41) is 7.01. The van der Waals surface area contributed by atoms with Gasteiger partial charge in [0.25, 0.3) is 0 Å². The molecule has 0 aliphatic heterocycles. The number of aromatic nitrogens is 1. The van der Waals surface area contributed by atoms with Crippen LogP contribution in [0.5, 0.6) is 5.75 Å². The van der Waals surface area contributed by atoms with Crippen LogP contribution >= 0.6 is 23.2 Å². The lowest BCUT2D eigenvalue weighted by Crippen LogP contribution is -2.23. The first-order valence-electron chi connectivity index (χ1n) is 6.84. The Labute approximate surface area is 144 Å². The number of hydrogen-bond donors (Lipinski definition) is 3. The Morgan fingerprint density at radius 1 is 1.35 bits per heavy atom. The molecule has 0 unspecified atom stereocenters. The predicted octanol–water partition coefficient (Wildman–Crippen LogP) is 3.24. The Kier molecular flexibility index (Phi) is 6.31. The molecule has 0 spiro atoms. The Hall–Kier alpha value is -2.18. The van der Waals surface area contributed by atoms with Gasteiger partial charge in [0.05, 0.1) is 23.7 Å². The number of benzene rings is 1. The lowest BCUT2D eigenvalue weighted by atomic mass is 10.3. The fraction of sp³-hybridized carbons (Fsp3) is 0.200. The molecule has 0 fully saturated rings. The first-order chi connectivity index (χ1) is 11.1. The number of nitrogens with two attached hydrogens (primary N) is 1. The Morgan fingerprint density at radius 2 is 2.17 bits per heavy atom.